The zero-order valence-corrected chi connectivity index (χ0v) is 17.3. The number of likely N-dealkylation sites (tertiary alicyclic amines) is 1. The first-order valence-electron chi connectivity index (χ1n) is 9.27. The number of methoxy groups -OCH3 is 1. The molecule has 0 spiro atoms. The first kappa shape index (κ1) is 20.6. The first-order valence-corrected chi connectivity index (χ1v) is 10.6. The van der Waals surface area contributed by atoms with E-state index < -0.39 is 11.8 Å². The summed E-state index contributed by atoms with van der Waals surface area (Å²) >= 11 is 7.61. The number of halogens is 1. The maximum absolute atomic E-state index is 12.4. The Morgan fingerprint density at radius 2 is 2.00 bits per heavy atom. The molecule has 1 aliphatic heterocycles. The van der Waals surface area contributed by atoms with Crippen LogP contribution in [0.2, 0.25) is 5.02 Å². The van der Waals surface area contributed by atoms with Gasteiger partial charge in [-0.15, -0.1) is 0 Å². The van der Waals surface area contributed by atoms with Gasteiger partial charge in [0.25, 0.3) is 0 Å². The topological polar surface area (TPSA) is 70.7 Å². The molecule has 28 heavy (non-hydrogen) atoms. The minimum Gasteiger partial charge on any atom is -0.495 e. The van der Waals surface area contributed by atoms with Crippen LogP contribution in [-0.2, 0) is 9.59 Å². The molecule has 2 N–H and O–H groups in total. The van der Waals surface area contributed by atoms with Gasteiger partial charge in [0.1, 0.15) is 5.75 Å². The second-order valence-corrected chi connectivity index (χ2v) is 7.89. The second-order valence-electron chi connectivity index (χ2n) is 6.68. The molecule has 2 heterocycles. The summed E-state index contributed by atoms with van der Waals surface area (Å²) < 4.78 is 5.20. The Morgan fingerprint density at radius 1 is 1.21 bits per heavy atom. The van der Waals surface area contributed by atoms with Crippen LogP contribution in [0.15, 0.2) is 35.0 Å². The van der Waals surface area contributed by atoms with Crippen LogP contribution >= 0.6 is 22.9 Å². The highest BCUT2D eigenvalue weighted by atomic mass is 35.5. The van der Waals surface area contributed by atoms with Gasteiger partial charge in [-0.3, -0.25) is 14.5 Å². The van der Waals surface area contributed by atoms with Gasteiger partial charge in [-0.1, -0.05) is 18.0 Å². The summed E-state index contributed by atoms with van der Waals surface area (Å²) in [5.41, 5.74) is 1.53. The lowest BCUT2D eigenvalue weighted by Crippen LogP contribution is -2.43. The van der Waals surface area contributed by atoms with E-state index in [2.05, 4.69) is 27.0 Å². The molecule has 1 atom stereocenters. The van der Waals surface area contributed by atoms with Crippen molar-refractivity contribution >= 4 is 40.4 Å². The SMILES string of the molecule is COc1ccc(Cl)cc1NC(=O)C(=O)NCC(c1ccsc1)N1CCCCC1. The summed E-state index contributed by atoms with van der Waals surface area (Å²) in [5, 5.41) is 9.92. The van der Waals surface area contributed by atoms with Crippen LogP contribution in [0, 0.1) is 0 Å². The number of nitrogens with one attached hydrogen (secondary N) is 2. The highest BCUT2D eigenvalue weighted by molar-refractivity contribution is 7.08. The van der Waals surface area contributed by atoms with Crippen LogP contribution in [0.3, 0.4) is 0 Å². The van der Waals surface area contributed by atoms with Gasteiger partial charge in [0.05, 0.1) is 18.8 Å². The van der Waals surface area contributed by atoms with Crippen molar-refractivity contribution in [2.75, 3.05) is 32.1 Å². The normalized spacial score (nSPS) is 15.6. The number of ether oxygens (including phenoxy) is 1. The number of carbonyl (C=O) groups excluding carboxylic acids is 2. The molecule has 6 nitrogen and oxygen atoms in total. The van der Waals surface area contributed by atoms with Crippen molar-refractivity contribution in [2.24, 2.45) is 0 Å². The van der Waals surface area contributed by atoms with Gasteiger partial charge in [0, 0.05) is 11.6 Å². The third-order valence-corrected chi connectivity index (χ3v) is 5.77. The van der Waals surface area contributed by atoms with E-state index >= 15 is 0 Å². The number of benzene rings is 1. The third-order valence-electron chi connectivity index (χ3n) is 4.83. The van der Waals surface area contributed by atoms with Crippen molar-refractivity contribution in [3.05, 3.63) is 45.6 Å². The lowest BCUT2D eigenvalue weighted by atomic mass is 10.0. The molecule has 0 aliphatic carbocycles. The molecular weight excluding hydrogens is 398 g/mol. The zero-order chi connectivity index (χ0) is 19.9. The van der Waals surface area contributed by atoms with Gasteiger partial charge >= 0.3 is 11.8 Å². The van der Waals surface area contributed by atoms with Crippen molar-refractivity contribution in [1.29, 1.82) is 0 Å². The van der Waals surface area contributed by atoms with Gasteiger partial charge in [-0.25, -0.2) is 0 Å². The number of hydrogen-bond acceptors (Lipinski definition) is 5. The molecule has 1 aromatic heterocycles. The maximum Gasteiger partial charge on any atom is 0.313 e. The monoisotopic (exact) mass is 421 g/mol. The predicted molar refractivity (Wildman–Crippen MR) is 112 cm³/mol. The third kappa shape index (κ3) is 5.25. The minimum atomic E-state index is -0.747. The number of piperidine rings is 1. The summed E-state index contributed by atoms with van der Waals surface area (Å²) in [7, 11) is 1.49. The van der Waals surface area contributed by atoms with E-state index in [0.29, 0.717) is 23.0 Å². The van der Waals surface area contributed by atoms with E-state index in [1.807, 2.05) is 5.38 Å². The Kier molecular flexibility index (Phi) is 7.30. The Hall–Kier alpha value is -2.09. The largest absolute Gasteiger partial charge is 0.495 e. The number of rotatable bonds is 6. The highest BCUT2D eigenvalue weighted by Gasteiger charge is 2.24. The smallest absolute Gasteiger partial charge is 0.313 e. The fraction of sp³-hybridized carbons (Fsp3) is 0.400. The highest BCUT2D eigenvalue weighted by Crippen LogP contribution is 2.28. The molecule has 1 unspecified atom stereocenters. The fourth-order valence-electron chi connectivity index (χ4n) is 3.38. The Morgan fingerprint density at radius 3 is 2.68 bits per heavy atom. The quantitative estimate of drug-likeness (QED) is 0.698. The van der Waals surface area contributed by atoms with E-state index in [1.165, 1.54) is 19.1 Å². The molecule has 1 aromatic carbocycles. The Labute approximate surface area is 173 Å². The number of anilines is 1. The van der Waals surface area contributed by atoms with Crippen molar-refractivity contribution in [1.82, 2.24) is 10.2 Å². The minimum absolute atomic E-state index is 0.0732. The lowest BCUT2D eigenvalue weighted by molar-refractivity contribution is -0.136. The molecular formula is C20H24ClN3O3S. The van der Waals surface area contributed by atoms with E-state index in [1.54, 1.807) is 29.5 Å². The molecule has 0 radical (unpaired) electrons. The van der Waals surface area contributed by atoms with Crippen LogP contribution in [0.1, 0.15) is 30.9 Å². The predicted octanol–water partition coefficient (Wildman–Crippen LogP) is 3.69. The summed E-state index contributed by atoms with van der Waals surface area (Å²) in [4.78, 5) is 27.1. The van der Waals surface area contributed by atoms with Crippen LogP contribution < -0.4 is 15.4 Å². The van der Waals surface area contributed by atoms with Crippen LogP contribution in [0.5, 0.6) is 5.75 Å². The van der Waals surface area contributed by atoms with Crippen LogP contribution in [0.4, 0.5) is 5.69 Å². The Balaban J connectivity index is 1.62. The molecule has 3 rings (SSSR count). The Bertz CT molecular complexity index is 807. The van der Waals surface area contributed by atoms with Gasteiger partial charge in [0.15, 0.2) is 0 Å². The number of nitrogens with zero attached hydrogens (tertiary/aromatic N) is 1. The molecule has 1 saturated heterocycles. The van der Waals surface area contributed by atoms with Crippen LogP contribution in [-0.4, -0.2) is 43.5 Å². The summed E-state index contributed by atoms with van der Waals surface area (Å²) in [6, 6.07) is 6.99. The molecule has 8 heteroatoms. The first-order chi connectivity index (χ1) is 13.6. The van der Waals surface area contributed by atoms with Crippen LogP contribution in [0.25, 0.3) is 0 Å². The molecule has 0 saturated carbocycles. The molecule has 150 valence electrons. The maximum atomic E-state index is 12.4. The molecule has 1 fully saturated rings. The second kappa shape index (κ2) is 9.91. The van der Waals surface area contributed by atoms with E-state index in [0.717, 1.165) is 25.9 Å². The average molecular weight is 422 g/mol. The average Bonchev–Trinajstić information content (AvgIpc) is 3.23. The van der Waals surface area contributed by atoms with E-state index in [-0.39, 0.29) is 6.04 Å². The van der Waals surface area contributed by atoms with Crippen molar-refractivity contribution < 1.29 is 14.3 Å². The van der Waals surface area contributed by atoms with Gasteiger partial charge < -0.3 is 15.4 Å². The summed E-state index contributed by atoms with van der Waals surface area (Å²) in [5.74, 6) is -0.988. The van der Waals surface area contributed by atoms with Gasteiger partial charge in [-0.05, 0) is 66.5 Å². The standard InChI is InChI=1S/C20H24ClN3O3S/c1-27-18-6-5-15(21)11-16(18)23-20(26)19(25)22-12-17(14-7-10-28-13-14)24-8-3-2-4-9-24/h5-7,10-11,13,17H,2-4,8-9,12H2,1H3,(H,22,25)(H,23,26). The zero-order valence-electron chi connectivity index (χ0n) is 15.7. The van der Waals surface area contributed by atoms with Gasteiger partial charge in [-0.2, -0.15) is 11.3 Å². The number of hydrogen-bond donors (Lipinski definition) is 2. The number of thiophene rings is 1. The molecule has 2 amide bonds. The molecule has 1 aliphatic rings. The van der Waals surface area contributed by atoms with E-state index in [4.69, 9.17) is 16.3 Å². The fourth-order valence-corrected chi connectivity index (χ4v) is 4.26. The number of amides is 2. The number of carbonyl (C=O) groups is 2. The molecule has 0 bridgehead atoms. The van der Waals surface area contributed by atoms with E-state index in [9.17, 15) is 9.59 Å². The summed E-state index contributed by atoms with van der Waals surface area (Å²) in [6.07, 6.45) is 3.55. The van der Waals surface area contributed by atoms with Crippen molar-refractivity contribution in [3.8, 4) is 5.75 Å². The summed E-state index contributed by atoms with van der Waals surface area (Å²) in [6.45, 7) is 2.39. The van der Waals surface area contributed by atoms with Gasteiger partial charge in [0.2, 0.25) is 0 Å². The molecule has 2 aromatic rings. The van der Waals surface area contributed by atoms with Crippen molar-refractivity contribution in [3.63, 3.8) is 0 Å². The lowest BCUT2D eigenvalue weighted by Gasteiger charge is -2.34. The van der Waals surface area contributed by atoms with Crippen molar-refractivity contribution in [2.45, 2.75) is 25.3 Å².